The van der Waals surface area contributed by atoms with Crippen LogP contribution in [0, 0.1) is 6.92 Å². The maximum absolute atomic E-state index is 8.88. The zero-order chi connectivity index (χ0) is 15.7. The van der Waals surface area contributed by atoms with Crippen LogP contribution in [0.5, 0.6) is 0 Å². The largest absolute Gasteiger partial charge is 1.00 e. The smallest absolute Gasteiger partial charge is 0.343 e. The maximum Gasteiger partial charge on any atom is 1.00 e. The summed E-state index contributed by atoms with van der Waals surface area (Å²) in [5.74, 6) is 0. The summed E-state index contributed by atoms with van der Waals surface area (Å²) in [5, 5.41) is 0. The Hall–Kier alpha value is 1.11. The van der Waals surface area contributed by atoms with Gasteiger partial charge in [0.25, 0.3) is 0 Å². The van der Waals surface area contributed by atoms with Crippen molar-refractivity contribution < 1.29 is 48.8 Å². The van der Waals surface area contributed by atoms with Crippen molar-refractivity contribution in [3.63, 3.8) is 0 Å². The number of phosphoric acid groups is 1. The van der Waals surface area contributed by atoms with Gasteiger partial charge in [-0.2, -0.15) is 6.42 Å². The summed E-state index contributed by atoms with van der Waals surface area (Å²) >= 11 is 0. The van der Waals surface area contributed by atoms with E-state index in [2.05, 4.69) is 13.8 Å². The van der Waals surface area contributed by atoms with Crippen LogP contribution in [-0.2, 0) is 4.57 Å². The first-order chi connectivity index (χ1) is 9.41. The van der Waals surface area contributed by atoms with Gasteiger partial charge in [-0.15, -0.1) is 0 Å². The first-order valence-electron chi connectivity index (χ1n) is 7.99. The van der Waals surface area contributed by atoms with Crippen LogP contribution < -0.4 is 29.6 Å². The molecule has 0 aromatic carbocycles. The molecular weight excluding hydrogens is 298 g/mol. The Morgan fingerprint density at radius 1 is 0.714 bits per heavy atom. The Balaban J connectivity index is -0.000000465. The van der Waals surface area contributed by atoms with Crippen LogP contribution in [0.3, 0.4) is 0 Å². The Morgan fingerprint density at radius 3 is 1.19 bits per heavy atom. The van der Waals surface area contributed by atoms with Gasteiger partial charge in [0.1, 0.15) is 0 Å². The van der Waals surface area contributed by atoms with Crippen molar-refractivity contribution in [2.24, 2.45) is 0 Å². The quantitative estimate of drug-likeness (QED) is 0.221. The fourth-order valence-corrected chi connectivity index (χ4v) is 2.02. The average molecular weight is 332 g/mol. The predicted octanol–water partition coefficient (Wildman–Crippen LogP) is 1.99. The minimum Gasteiger partial charge on any atom is -0.343 e. The molecule has 4 nitrogen and oxygen atoms in total. The van der Waals surface area contributed by atoms with Crippen molar-refractivity contribution in [3.8, 4) is 0 Å². The second-order valence-electron chi connectivity index (χ2n) is 5.26. The van der Waals surface area contributed by atoms with Gasteiger partial charge in [0, 0.05) is 0 Å². The van der Waals surface area contributed by atoms with Gasteiger partial charge in [-0.05, 0) is 0 Å². The summed E-state index contributed by atoms with van der Waals surface area (Å²) in [6.45, 7) is 6.15. The molecule has 0 saturated carbocycles. The molecule has 3 N–H and O–H groups in total. The third kappa shape index (κ3) is 44.9. The van der Waals surface area contributed by atoms with Gasteiger partial charge >= 0.3 is 37.4 Å². The minimum atomic E-state index is -4.64. The summed E-state index contributed by atoms with van der Waals surface area (Å²) in [6, 6.07) is 0. The van der Waals surface area contributed by atoms with Gasteiger partial charge in [-0.25, -0.2) is 4.57 Å². The average Bonchev–Trinajstić information content (AvgIpc) is 2.34. The van der Waals surface area contributed by atoms with E-state index in [1.165, 1.54) is 77.0 Å². The van der Waals surface area contributed by atoms with E-state index in [9.17, 15) is 0 Å². The van der Waals surface area contributed by atoms with Crippen molar-refractivity contribution in [2.75, 3.05) is 0 Å². The number of rotatable bonds is 12. The van der Waals surface area contributed by atoms with Gasteiger partial charge in [0.2, 0.25) is 0 Å². The summed E-state index contributed by atoms with van der Waals surface area (Å²) in [6.07, 6.45) is 18.3. The van der Waals surface area contributed by atoms with Crippen LogP contribution in [0.25, 0.3) is 0 Å². The molecule has 0 aliphatic rings. The Morgan fingerprint density at radius 2 is 0.952 bits per heavy atom. The van der Waals surface area contributed by atoms with Crippen molar-refractivity contribution >= 4 is 7.82 Å². The second kappa shape index (κ2) is 21.1. The molecule has 21 heavy (non-hydrogen) atoms. The Bertz CT molecular complexity index is 201. The molecule has 6 heteroatoms. The van der Waals surface area contributed by atoms with E-state index in [0.717, 1.165) is 6.42 Å². The van der Waals surface area contributed by atoms with E-state index in [-0.39, 0.29) is 29.6 Å². The monoisotopic (exact) mass is 332 g/mol. The van der Waals surface area contributed by atoms with Crippen molar-refractivity contribution in [1.82, 2.24) is 0 Å². The molecule has 0 aromatic rings. The van der Waals surface area contributed by atoms with Gasteiger partial charge in [0.05, 0.1) is 0 Å². The van der Waals surface area contributed by atoms with E-state index in [0.29, 0.717) is 0 Å². The summed E-state index contributed by atoms with van der Waals surface area (Å²) in [4.78, 5) is 21.6. The van der Waals surface area contributed by atoms with E-state index >= 15 is 0 Å². The zero-order valence-electron chi connectivity index (χ0n) is 14.1. The molecule has 0 bridgehead atoms. The van der Waals surface area contributed by atoms with Crippen molar-refractivity contribution in [3.05, 3.63) is 6.92 Å². The molecule has 0 amide bonds. The third-order valence-corrected chi connectivity index (χ3v) is 3.10. The Kier molecular flexibility index (Phi) is 27.1. The number of hydrogen-bond donors (Lipinski definition) is 3. The molecule has 0 radical (unpaired) electrons. The van der Waals surface area contributed by atoms with Crippen molar-refractivity contribution in [2.45, 2.75) is 90.4 Å². The van der Waals surface area contributed by atoms with E-state index < -0.39 is 7.82 Å². The first-order valence-corrected chi connectivity index (χ1v) is 9.55. The number of hydrogen-bond acceptors (Lipinski definition) is 1. The summed E-state index contributed by atoms with van der Waals surface area (Å²) in [5.41, 5.74) is 0. The zero-order valence-corrected chi connectivity index (χ0v) is 17.0. The van der Waals surface area contributed by atoms with Crippen LogP contribution in [-0.4, -0.2) is 14.7 Å². The molecule has 0 saturated heterocycles. The topological polar surface area (TPSA) is 77.8 Å². The molecule has 0 rings (SSSR count). The van der Waals surface area contributed by atoms with E-state index in [4.69, 9.17) is 19.2 Å². The van der Waals surface area contributed by atoms with Gasteiger partial charge in [-0.1, -0.05) is 84.0 Å². The minimum absolute atomic E-state index is 0. The molecule has 0 aliphatic carbocycles. The predicted molar refractivity (Wildman–Crippen MR) is 85.3 cm³/mol. The molecule has 0 aliphatic heterocycles. The van der Waals surface area contributed by atoms with Crippen LogP contribution in [0.4, 0.5) is 0 Å². The first kappa shape index (κ1) is 27.0. The molecule has 0 atom stereocenters. The second-order valence-corrected chi connectivity index (χ2v) is 6.28. The molecule has 0 spiro atoms. The van der Waals surface area contributed by atoms with Crippen LogP contribution in [0.2, 0.25) is 0 Å². The van der Waals surface area contributed by atoms with E-state index in [1.54, 1.807) is 0 Å². The fraction of sp³-hybridized carbons (Fsp3) is 0.933. The molecular formula is C15H34NaO4P. The van der Waals surface area contributed by atoms with Crippen LogP contribution in [0.15, 0.2) is 0 Å². The van der Waals surface area contributed by atoms with E-state index in [1.807, 2.05) is 0 Å². The molecule has 0 heterocycles. The fourth-order valence-electron chi connectivity index (χ4n) is 2.02. The van der Waals surface area contributed by atoms with Gasteiger partial charge < -0.3 is 21.6 Å². The number of unbranched alkanes of at least 4 members (excludes halogenated alkanes) is 12. The standard InChI is InChI=1S/C15H31.Na.H3O4P/c1-3-5-7-9-11-13-15-14-12-10-8-6-4-2;;1-5(2,3)4/h1,3-15H2,2H3;;(H3,1,2,3,4)/q-1;+1;. The SMILES string of the molecule is O=P(O)(O)O.[CH2-]CCCCCCCCCCCCCC.[Na+]. The van der Waals surface area contributed by atoms with Gasteiger partial charge in [0.15, 0.2) is 0 Å². The summed E-state index contributed by atoms with van der Waals surface area (Å²) < 4.78 is 8.88. The maximum atomic E-state index is 8.88. The Labute approximate surface area is 153 Å². The molecule has 124 valence electrons. The van der Waals surface area contributed by atoms with Crippen molar-refractivity contribution in [1.29, 1.82) is 0 Å². The summed E-state index contributed by atoms with van der Waals surface area (Å²) in [7, 11) is -4.64. The molecule has 0 unspecified atom stereocenters. The third-order valence-electron chi connectivity index (χ3n) is 3.10. The normalized spacial score (nSPS) is 10.5. The molecule has 0 fully saturated rings. The van der Waals surface area contributed by atoms with Crippen LogP contribution in [0.1, 0.15) is 90.4 Å². The van der Waals surface area contributed by atoms with Gasteiger partial charge in [-0.3, -0.25) is 0 Å². The van der Waals surface area contributed by atoms with Crippen LogP contribution >= 0.6 is 7.82 Å². The molecule has 0 aromatic heterocycles.